The van der Waals surface area contributed by atoms with Gasteiger partial charge in [0.15, 0.2) is 5.78 Å². The van der Waals surface area contributed by atoms with Crippen LogP contribution in [0, 0.1) is 5.92 Å². The van der Waals surface area contributed by atoms with E-state index in [1.54, 1.807) is 48.5 Å². The molecule has 1 aliphatic heterocycles. The third kappa shape index (κ3) is 2.93. The highest BCUT2D eigenvalue weighted by Crippen LogP contribution is 2.30. The normalized spacial score (nSPS) is 17.0. The lowest BCUT2D eigenvalue weighted by atomic mass is 10.0. The van der Waals surface area contributed by atoms with E-state index in [0.29, 0.717) is 16.8 Å². The van der Waals surface area contributed by atoms with Gasteiger partial charge in [-0.15, -0.1) is 0 Å². The zero-order valence-corrected chi connectivity index (χ0v) is 13.3. The van der Waals surface area contributed by atoms with Crippen LogP contribution in [0.3, 0.4) is 0 Å². The first kappa shape index (κ1) is 15.9. The monoisotopic (exact) mass is 323 g/mol. The van der Waals surface area contributed by atoms with Crippen molar-refractivity contribution in [1.29, 1.82) is 0 Å². The lowest BCUT2D eigenvalue weighted by Crippen LogP contribution is -2.28. The van der Waals surface area contributed by atoms with Crippen molar-refractivity contribution in [3.05, 3.63) is 65.7 Å². The maximum absolute atomic E-state index is 12.8. The molecule has 0 N–H and O–H groups in total. The Morgan fingerprint density at radius 1 is 1.04 bits per heavy atom. The van der Waals surface area contributed by atoms with Gasteiger partial charge < -0.3 is 9.64 Å². The average Bonchev–Trinajstić information content (AvgIpc) is 3.02. The number of para-hydroxylation sites is 1. The first-order chi connectivity index (χ1) is 11.6. The number of amides is 1. The molecule has 0 spiro atoms. The SMILES string of the molecule is COC(=O)C1CC(=O)N(c2ccccc2C(=O)c2ccccc2)C1. The van der Waals surface area contributed by atoms with Gasteiger partial charge >= 0.3 is 5.97 Å². The topological polar surface area (TPSA) is 63.7 Å². The van der Waals surface area contributed by atoms with Gasteiger partial charge in [0.2, 0.25) is 5.91 Å². The summed E-state index contributed by atoms with van der Waals surface area (Å²) in [7, 11) is 1.31. The van der Waals surface area contributed by atoms with Crippen LogP contribution in [0.5, 0.6) is 0 Å². The third-order valence-corrected chi connectivity index (χ3v) is 4.14. The van der Waals surface area contributed by atoms with Crippen molar-refractivity contribution in [2.45, 2.75) is 6.42 Å². The van der Waals surface area contributed by atoms with Gasteiger partial charge in [0.25, 0.3) is 0 Å². The second-order valence-electron chi connectivity index (χ2n) is 5.64. The van der Waals surface area contributed by atoms with Crippen molar-refractivity contribution in [1.82, 2.24) is 0 Å². The van der Waals surface area contributed by atoms with E-state index in [1.807, 2.05) is 6.07 Å². The third-order valence-electron chi connectivity index (χ3n) is 4.14. The molecular weight excluding hydrogens is 306 g/mol. The Balaban J connectivity index is 1.94. The van der Waals surface area contributed by atoms with Crippen LogP contribution < -0.4 is 4.90 Å². The number of hydrogen-bond acceptors (Lipinski definition) is 4. The van der Waals surface area contributed by atoms with E-state index in [4.69, 9.17) is 4.74 Å². The molecule has 0 aliphatic carbocycles. The number of methoxy groups -OCH3 is 1. The van der Waals surface area contributed by atoms with E-state index in [0.717, 1.165) is 0 Å². The predicted octanol–water partition coefficient (Wildman–Crippen LogP) is 2.44. The summed E-state index contributed by atoms with van der Waals surface area (Å²) in [5.74, 6) is -1.24. The highest BCUT2D eigenvalue weighted by atomic mass is 16.5. The van der Waals surface area contributed by atoms with Crippen molar-refractivity contribution in [3.8, 4) is 0 Å². The summed E-state index contributed by atoms with van der Waals surface area (Å²) in [6.07, 6.45) is 0.0978. The summed E-state index contributed by atoms with van der Waals surface area (Å²) in [6.45, 7) is 0.227. The quantitative estimate of drug-likeness (QED) is 0.640. The molecule has 0 aromatic heterocycles. The number of ketones is 1. The van der Waals surface area contributed by atoms with E-state index in [-0.39, 0.29) is 24.7 Å². The molecule has 1 fully saturated rings. The van der Waals surface area contributed by atoms with Crippen LogP contribution in [-0.4, -0.2) is 31.3 Å². The van der Waals surface area contributed by atoms with Crippen LogP contribution in [0.4, 0.5) is 5.69 Å². The number of ether oxygens (including phenoxy) is 1. The highest BCUT2D eigenvalue weighted by molar-refractivity contribution is 6.14. The van der Waals surface area contributed by atoms with E-state index in [2.05, 4.69) is 0 Å². The molecule has 1 amide bonds. The Labute approximate surface area is 139 Å². The first-order valence-electron chi connectivity index (χ1n) is 7.68. The van der Waals surface area contributed by atoms with Crippen molar-refractivity contribution in [2.75, 3.05) is 18.6 Å². The summed E-state index contributed by atoms with van der Waals surface area (Å²) in [5.41, 5.74) is 1.53. The standard InChI is InChI=1S/C19H17NO4/c1-24-19(23)14-11-17(21)20(12-14)16-10-6-5-9-15(16)18(22)13-7-3-2-4-8-13/h2-10,14H,11-12H2,1H3. The van der Waals surface area contributed by atoms with Crippen molar-refractivity contribution < 1.29 is 19.1 Å². The minimum absolute atomic E-state index is 0.0978. The van der Waals surface area contributed by atoms with Crippen molar-refractivity contribution in [2.24, 2.45) is 5.92 Å². The second kappa shape index (κ2) is 6.66. The lowest BCUT2D eigenvalue weighted by Gasteiger charge is -2.19. The zero-order valence-electron chi connectivity index (χ0n) is 13.3. The molecule has 3 rings (SSSR count). The van der Waals surface area contributed by atoms with Gasteiger partial charge in [-0.1, -0.05) is 42.5 Å². The molecule has 1 aliphatic rings. The van der Waals surface area contributed by atoms with Crippen LogP contribution in [0.1, 0.15) is 22.3 Å². The fraction of sp³-hybridized carbons (Fsp3) is 0.211. The molecule has 5 nitrogen and oxygen atoms in total. The molecule has 1 unspecified atom stereocenters. The number of rotatable bonds is 4. The largest absolute Gasteiger partial charge is 0.469 e. The smallest absolute Gasteiger partial charge is 0.311 e. The maximum atomic E-state index is 12.8. The molecular formula is C19H17NO4. The molecule has 2 aromatic rings. The second-order valence-corrected chi connectivity index (χ2v) is 5.64. The Morgan fingerprint density at radius 3 is 2.42 bits per heavy atom. The fourth-order valence-corrected chi connectivity index (χ4v) is 2.91. The fourth-order valence-electron chi connectivity index (χ4n) is 2.91. The lowest BCUT2D eigenvalue weighted by molar-refractivity contribution is -0.145. The van der Waals surface area contributed by atoms with E-state index >= 15 is 0 Å². The summed E-state index contributed by atoms with van der Waals surface area (Å²) in [6, 6.07) is 15.9. The molecule has 0 saturated carbocycles. The number of carbonyl (C=O) groups is 3. The molecule has 24 heavy (non-hydrogen) atoms. The van der Waals surface area contributed by atoms with E-state index in [9.17, 15) is 14.4 Å². The predicted molar refractivity (Wildman–Crippen MR) is 88.8 cm³/mol. The molecule has 0 bridgehead atoms. The first-order valence-corrected chi connectivity index (χ1v) is 7.68. The van der Waals surface area contributed by atoms with Gasteiger partial charge in [-0.25, -0.2) is 0 Å². The molecule has 2 aromatic carbocycles. The number of benzene rings is 2. The van der Waals surface area contributed by atoms with Crippen LogP contribution in [0.15, 0.2) is 54.6 Å². The number of esters is 1. The number of carbonyl (C=O) groups excluding carboxylic acids is 3. The molecule has 0 radical (unpaired) electrons. The Hall–Kier alpha value is -2.95. The zero-order chi connectivity index (χ0) is 17.1. The van der Waals surface area contributed by atoms with Crippen LogP contribution >= 0.6 is 0 Å². The van der Waals surface area contributed by atoms with Gasteiger partial charge in [0, 0.05) is 24.1 Å². The average molecular weight is 323 g/mol. The number of hydrogen-bond donors (Lipinski definition) is 0. The van der Waals surface area contributed by atoms with E-state index < -0.39 is 11.9 Å². The maximum Gasteiger partial charge on any atom is 0.311 e. The van der Waals surface area contributed by atoms with Crippen molar-refractivity contribution in [3.63, 3.8) is 0 Å². The molecule has 5 heteroatoms. The summed E-state index contributed by atoms with van der Waals surface area (Å²) in [4.78, 5) is 38.3. The Morgan fingerprint density at radius 2 is 1.71 bits per heavy atom. The van der Waals surface area contributed by atoms with Crippen LogP contribution in [0.2, 0.25) is 0 Å². The molecule has 1 saturated heterocycles. The summed E-state index contributed by atoms with van der Waals surface area (Å²) >= 11 is 0. The van der Waals surface area contributed by atoms with Gasteiger partial charge in [-0.05, 0) is 12.1 Å². The Kier molecular flexibility index (Phi) is 4.42. The number of anilines is 1. The minimum atomic E-state index is -0.498. The summed E-state index contributed by atoms with van der Waals surface area (Å²) < 4.78 is 4.73. The molecule has 122 valence electrons. The Bertz CT molecular complexity index is 785. The van der Waals surface area contributed by atoms with E-state index in [1.165, 1.54) is 12.0 Å². The van der Waals surface area contributed by atoms with Crippen LogP contribution in [-0.2, 0) is 14.3 Å². The van der Waals surface area contributed by atoms with Gasteiger partial charge in [0.05, 0.1) is 18.7 Å². The highest BCUT2D eigenvalue weighted by Gasteiger charge is 2.37. The van der Waals surface area contributed by atoms with Gasteiger partial charge in [0.1, 0.15) is 0 Å². The van der Waals surface area contributed by atoms with Crippen LogP contribution in [0.25, 0.3) is 0 Å². The molecule has 1 heterocycles. The summed E-state index contributed by atoms with van der Waals surface area (Å²) in [5, 5.41) is 0. The minimum Gasteiger partial charge on any atom is -0.469 e. The van der Waals surface area contributed by atoms with Crippen molar-refractivity contribution >= 4 is 23.3 Å². The molecule has 1 atom stereocenters. The van der Waals surface area contributed by atoms with Gasteiger partial charge in [-0.3, -0.25) is 14.4 Å². The number of nitrogens with zero attached hydrogens (tertiary/aromatic N) is 1. The van der Waals surface area contributed by atoms with Gasteiger partial charge in [-0.2, -0.15) is 0 Å².